The van der Waals surface area contributed by atoms with Crippen LogP contribution in [-0.4, -0.2) is 135 Å². The highest BCUT2D eigenvalue weighted by atomic mass is 16.4. The molecule has 1 fully saturated rings. The van der Waals surface area contributed by atoms with Gasteiger partial charge in [-0.3, -0.25) is 4.90 Å². The van der Waals surface area contributed by atoms with Crippen molar-refractivity contribution in [2.75, 3.05) is 31.1 Å². The molecule has 0 amide bonds. The van der Waals surface area contributed by atoms with Crippen molar-refractivity contribution < 1.29 is 60.0 Å². The fraction of sp³-hybridized carbons (Fsp3) is 0.360. The van der Waals surface area contributed by atoms with Gasteiger partial charge in [-0.2, -0.15) is 0 Å². The number of nitrogens with one attached hydrogen (secondary N) is 1. The summed E-state index contributed by atoms with van der Waals surface area (Å²) in [7, 11) is 0. The summed E-state index contributed by atoms with van der Waals surface area (Å²) in [5, 5.41) is 65.1. The van der Waals surface area contributed by atoms with E-state index in [0.29, 0.717) is 0 Å². The molecule has 1 aromatic carbocycles. The first-order valence-corrected chi connectivity index (χ1v) is 12.3. The zero-order chi connectivity index (χ0) is 31.4. The number of piperazine rings is 1. The molecular weight excluding hydrogens is 562 g/mol. The summed E-state index contributed by atoms with van der Waals surface area (Å²) in [6.07, 6.45) is -7.21. The standard InChI is InChI=1S/C17H19N5.2C4H6O6/c1-2-6-15-14(5-1)19-16(20-15)13-21-9-11-22(12-10-21)17-7-3-4-8-18-17;2*5-1(3(7)8)2(6)4(9)10/h1-8H,9-13H2,(H,19,20);2*1-2,5-6H,(H,7,8)(H,9,10). The van der Waals surface area contributed by atoms with E-state index in [1.165, 1.54) is 0 Å². The molecule has 3 heterocycles. The summed E-state index contributed by atoms with van der Waals surface area (Å²) in [5.74, 6) is -4.95. The Kier molecular flexibility index (Phi) is 12.7. The number of aliphatic hydroxyl groups is 4. The first-order valence-electron chi connectivity index (χ1n) is 12.3. The van der Waals surface area contributed by atoms with E-state index < -0.39 is 48.3 Å². The fourth-order valence-electron chi connectivity index (χ4n) is 3.51. The lowest BCUT2D eigenvalue weighted by Crippen LogP contribution is -2.46. The number of rotatable bonds is 9. The lowest BCUT2D eigenvalue weighted by atomic mass is 10.2. The maximum Gasteiger partial charge on any atom is 0.335 e. The Morgan fingerprint density at radius 3 is 1.62 bits per heavy atom. The van der Waals surface area contributed by atoms with E-state index in [1.807, 2.05) is 36.5 Å². The van der Waals surface area contributed by atoms with Crippen LogP contribution in [0.5, 0.6) is 0 Å². The summed E-state index contributed by atoms with van der Waals surface area (Å²) in [6.45, 7) is 4.97. The molecule has 1 saturated heterocycles. The molecule has 4 rings (SSSR count). The molecule has 2 aromatic heterocycles. The molecule has 0 aliphatic carbocycles. The predicted molar refractivity (Wildman–Crippen MR) is 142 cm³/mol. The van der Waals surface area contributed by atoms with Crippen molar-refractivity contribution in [1.29, 1.82) is 0 Å². The van der Waals surface area contributed by atoms with Gasteiger partial charge in [-0.05, 0) is 24.3 Å². The molecule has 4 unspecified atom stereocenters. The van der Waals surface area contributed by atoms with Gasteiger partial charge < -0.3 is 50.7 Å². The largest absolute Gasteiger partial charge is 0.479 e. The number of nitrogens with zero attached hydrogens (tertiary/aromatic N) is 4. The van der Waals surface area contributed by atoms with Crippen molar-refractivity contribution in [3.8, 4) is 0 Å². The van der Waals surface area contributed by atoms with Gasteiger partial charge in [0.15, 0.2) is 24.4 Å². The number of carboxylic acid groups (broad SMARTS) is 4. The van der Waals surface area contributed by atoms with Crippen LogP contribution in [0.3, 0.4) is 0 Å². The first kappa shape index (κ1) is 33.5. The molecule has 9 N–H and O–H groups in total. The molecule has 3 aromatic rings. The predicted octanol–water partition coefficient (Wildman–Crippen LogP) is -1.97. The number of aromatic nitrogens is 3. The lowest BCUT2D eigenvalue weighted by molar-refractivity contribution is -0.165. The van der Waals surface area contributed by atoms with Gasteiger partial charge in [0.25, 0.3) is 0 Å². The van der Waals surface area contributed by atoms with Gasteiger partial charge in [0.2, 0.25) is 0 Å². The third-order valence-electron chi connectivity index (χ3n) is 5.77. The van der Waals surface area contributed by atoms with Gasteiger partial charge >= 0.3 is 23.9 Å². The molecule has 0 spiro atoms. The van der Waals surface area contributed by atoms with E-state index in [1.54, 1.807) is 0 Å². The number of benzene rings is 1. The van der Waals surface area contributed by atoms with Crippen LogP contribution in [0.25, 0.3) is 11.0 Å². The number of aliphatic hydroxyl groups excluding tert-OH is 4. The van der Waals surface area contributed by atoms with Crippen molar-refractivity contribution in [2.24, 2.45) is 0 Å². The highest BCUT2D eigenvalue weighted by Crippen LogP contribution is 2.15. The normalized spacial score (nSPS) is 16.0. The molecule has 1 aliphatic rings. The minimum absolute atomic E-state index is 0.880. The van der Waals surface area contributed by atoms with E-state index in [2.05, 4.69) is 36.9 Å². The maximum absolute atomic E-state index is 9.77. The fourth-order valence-corrected chi connectivity index (χ4v) is 3.51. The number of anilines is 1. The second-order valence-electron chi connectivity index (χ2n) is 8.78. The molecule has 42 heavy (non-hydrogen) atoms. The van der Waals surface area contributed by atoms with E-state index in [0.717, 1.165) is 55.4 Å². The zero-order valence-corrected chi connectivity index (χ0v) is 22.0. The van der Waals surface area contributed by atoms with Crippen LogP contribution < -0.4 is 4.90 Å². The lowest BCUT2D eigenvalue weighted by Gasteiger charge is -2.34. The monoisotopic (exact) mass is 593 g/mol. The number of H-pyrrole nitrogens is 1. The van der Waals surface area contributed by atoms with Crippen LogP contribution in [0.1, 0.15) is 5.82 Å². The number of para-hydroxylation sites is 2. The van der Waals surface area contributed by atoms with Crippen LogP contribution in [0.4, 0.5) is 5.82 Å². The number of pyridine rings is 1. The van der Waals surface area contributed by atoms with Gasteiger partial charge in [0.1, 0.15) is 11.6 Å². The molecular formula is C25H31N5O12. The number of carboxylic acids is 4. The molecule has 0 saturated carbocycles. The Balaban J connectivity index is 0.000000260. The molecule has 0 bridgehead atoms. The average molecular weight is 594 g/mol. The second-order valence-corrected chi connectivity index (χ2v) is 8.78. The van der Waals surface area contributed by atoms with E-state index in [4.69, 9.17) is 40.9 Å². The minimum atomic E-state index is -2.27. The quantitative estimate of drug-likeness (QED) is 0.130. The third kappa shape index (κ3) is 10.1. The Morgan fingerprint density at radius 1 is 0.714 bits per heavy atom. The van der Waals surface area contributed by atoms with Crippen molar-refractivity contribution in [1.82, 2.24) is 19.9 Å². The summed E-state index contributed by atoms with van der Waals surface area (Å²) >= 11 is 0. The van der Waals surface area contributed by atoms with Gasteiger partial charge in [-0.15, -0.1) is 0 Å². The molecule has 17 heteroatoms. The summed E-state index contributed by atoms with van der Waals surface area (Å²) in [4.78, 5) is 56.4. The van der Waals surface area contributed by atoms with Crippen LogP contribution in [0, 0.1) is 0 Å². The molecule has 228 valence electrons. The van der Waals surface area contributed by atoms with Crippen LogP contribution in [-0.2, 0) is 25.7 Å². The van der Waals surface area contributed by atoms with Crippen molar-refractivity contribution in [3.05, 3.63) is 54.5 Å². The molecule has 4 atom stereocenters. The van der Waals surface area contributed by atoms with Gasteiger partial charge in [-0.1, -0.05) is 18.2 Å². The zero-order valence-electron chi connectivity index (χ0n) is 22.0. The summed E-state index contributed by atoms with van der Waals surface area (Å²) in [5.41, 5.74) is 2.16. The average Bonchev–Trinajstić information content (AvgIpc) is 3.39. The number of aliphatic carboxylic acids is 4. The SMILES string of the molecule is O=C(O)C(O)C(O)C(=O)O.O=C(O)C(O)C(O)C(=O)O.c1ccc(N2CCN(Cc3nc4ccccc4[nH]3)CC2)nc1. The molecule has 17 nitrogen and oxygen atoms in total. The Labute approximate surface area is 237 Å². The van der Waals surface area contributed by atoms with Crippen molar-refractivity contribution in [2.45, 2.75) is 31.0 Å². The number of hydrogen-bond donors (Lipinski definition) is 9. The van der Waals surface area contributed by atoms with Gasteiger partial charge in [0.05, 0.1) is 17.6 Å². The number of imidazole rings is 1. The van der Waals surface area contributed by atoms with Gasteiger partial charge in [0, 0.05) is 32.4 Å². The summed E-state index contributed by atoms with van der Waals surface area (Å²) in [6, 6.07) is 14.3. The van der Waals surface area contributed by atoms with Crippen LogP contribution >= 0.6 is 0 Å². The summed E-state index contributed by atoms with van der Waals surface area (Å²) < 4.78 is 0. The Morgan fingerprint density at radius 2 is 1.19 bits per heavy atom. The number of carbonyl (C=O) groups is 4. The number of hydrogen-bond acceptors (Lipinski definition) is 12. The third-order valence-corrected chi connectivity index (χ3v) is 5.77. The van der Waals surface area contributed by atoms with Crippen LogP contribution in [0.2, 0.25) is 0 Å². The van der Waals surface area contributed by atoms with Gasteiger partial charge in [-0.25, -0.2) is 29.1 Å². The minimum Gasteiger partial charge on any atom is -0.479 e. The van der Waals surface area contributed by atoms with E-state index in [9.17, 15) is 19.2 Å². The highest BCUT2D eigenvalue weighted by molar-refractivity contribution is 5.83. The maximum atomic E-state index is 9.77. The molecule has 1 aliphatic heterocycles. The number of aromatic amines is 1. The second kappa shape index (κ2) is 15.9. The Hall–Kier alpha value is -4.68. The Bertz CT molecular complexity index is 1220. The topological polar surface area (TPSA) is 278 Å². The first-order chi connectivity index (χ1) is 19.8. The van der Waals surface area contributed by atoms with Crippen LogP contribution in [0.15, 0.2) is 48.7 Å². The molecule has 0 radical (unpaired) electrons. The van der Waals surface area contributed by atoms with Crippen molar-refractivity contribution >= 4 is 40.7 Å². The van der Waals surface area contributed by atoms with Crippen molar-refractivity contribution in [3.63, 3.8) is 0 Å². The van der Waals surface area contributed by atoms with E-state index >= 15 is 0 Å². The van der Waals surface area contributed by atoms with E-state index in [-0.39, 0.29) is 0 Å². The number of fused-ring (bicyclic) bond motifs is 1. The highest BCUT2D eigenvalue weighted by Gasteiger charge is 2.30. The smallest absolute Gasteiger partial charge is 0.335 e.